The second-order valence-electron chi connectivity index (χ2n) is 10.5. The number of benzene rings is 1. The van der Waals surface area contributed by atoms with Crippen molar-refractivity contribution < 1.29 is 23.4 Å². The van der Waals surface area contributed by atoms with Crippen LogP contribution in [-0.2, 0) is 17.6 Å². The average molecular weight is 488 g/mol. The van der Waals surface area contributed by atoms with Crippen molar-refractivity contribution in [1.29, 1.82) is 0 Å². The summed E-state index contributed by atoms with van der Waals surface area (Å²) in [5.74, 6) is -1.04. The Morgan fingerprint density at radius 3 is 2.60 bits per heavy atom. The SMILES string of the molecule is CC(=O)N[C@@H](Cc1ccc(F)c(F)c1)[C@@H](O)CN[C@H]1CC2(CCC2)Oc2ncc(CC(C)C)cc21. The number of aliphatic hydroxyl groups excluding tert-OH is 1. The number of carbonyl (C=O) groups excluding carboxylic acids is 1. The Bertz CT molecular complexity index is 1060. The fraction of sp³-hybridized carbons (Fsp3) is 0.556. The van der Waals surface area contributed by atoms with Crippen molar-refractivity contribution in [1.82, 2.24) is 15.6 Å². The van der Waals surface area contributed by atoms with Crippen LogP contribution in [0.3, 0.4) is 0 Å². The molecular weight excluding hydrogens is 452 g/mol. The molecule has 0 bridgehead atoms. The van der Waals surface area contributed by atoms with Gasteiger partial charge in [-0.1, -0.05) is 19.9 Å². The van der Waals surface area contributed by atoms with E-state index in [0.717, 1.165) is 55.4 Å². The molecule has 0 unspecified atom stereocenters. The Morgan fingerprint density at radius 2 is 1.97 bits per heavy atom. The van der Waals surface area contributed by atoms with Crippen LogP contribution in [0.5, 0.6) is 5.88 Å². The van der Waals surface area contributed by atoms with Gasteiger partial charge in [-0.2, -0.15) is 0 Å². The molecule has 1 aliphatic carbocycles. The lowest BCUT2D eigenvalue weighted by atomic mass is 9.73. The summed E-state index contributed by atoms with van der Waals surface area (Å²) in [5, 5.41) is 17.2. The molecular formula is C27H35F2N3O3. The lowest BCUT2D eigenvalue weighted by Crippen LogP contribution is -2.52. The van der Waals surface area contributed by atoms with Crippen molar-refractivity contribution >= 4 is 5.91 Å². The summed E-state index contributed by atoms with van der Waals surface area (Å²) in [6.45, 7) is 5.92. The second-order valence-corrected chi connectivity index (χ2v) is 10.5. The number of fused-ring (bicyclic) bond motifs is 1. The third-order valence-electron chi connectivity index (χ3n) is 6.98. The summed E-state index contributed by atoms with van der Waals surface area (Å²) < 4.78 is 33.3. The number of halogens is 2. The number of hydrogen-bond donors (Lipinski definition) is 3. The molecule has 190 valence electrons. The molecule has 1 saturated carbocycles. The molecule has 0 radical (unpaired) electrons. The highest BCUT2D eigenvalue weighted by molar-refractivity contribution is 5.73. The van der Waals surface area contributed by atoms with Gasteiger partial charge in [0, 0.05) is 37.7 Å². The number of hydrogen-bond acceptors (Lipinski definition) is 5. The van der Waals surface area contributed by atoms with Gasteiger partial charge in [0.05, 0.1) is 12.1 Å². The van der Waals surface area contributed by atoms with E-state index in [4.69, 9.17) is 4.74 Å². The van der Waals surface area contributed by atoms with Crippen LogP contribution < -0.4 is 15.4 Å². The van der Waals surface area contributed by atoms with E-state index >= 15 is 0 Å². The standard InChI is InChI=1S/C27H35F2N3O3/c1-16(2)9-19-10-20-24(13-27(7-4-8-27)35-26(20)31-14-19)30-15-25(34)23(32-17(3)33)12-18-5-6-21(28)22(29)11-18/h5-6,10-11,14,16,23-25,30,34H,4,7-9,12-13,15H2,1-3H3,(H,32,33)/t23-,24-,25-/m0/s1. The minimum Gasteiger partial charge on any atom is -0.471 e. The van der Waals surface area contributed by atoms with E-state index in [0.29, 0.717) is 17.4 Å². The minimum atomic E-state index is -0.953. The highest BCUT2D eigenvalue weighted by Gasteiger charge is 2.46. The van der Waals surface area contributed by atoms with Gasteiger partial charge in [0.15, 0.2) is 11.6 Å². The number of rotatable bonds is 9. The summed E-state index contributed by atoms with van der Waals surface area (Å²) in [7, 11) is 0. The van der Waals surface area contributed by atoms with Gasteiger partial charge in [-0.3, -0.25) is 4.79 Å². The first-order chi connectivity index (χ1) is 16.6. The van der Waals surface area contributed by atoms with Crippen LogP contribution in [0.15, 0.2) is 30.5 Å². The van der Waals surface area contributed by atoms with E-state index < -0.39 is 23.8 Å². The molecule has 2 heterocycles. The Hall–Kier alpha value is -2.58. The topological polar surface area (TPSA) is 83.5 Å². The van der Waals surface area contributed by atoms with Crippen LogP contribution in [-0.4, -0.2) is 40.3 Å². The quantitative estimate of drug-likeness (QED) is 0.498. The van der Waals surface area contributed by atoms with Crippen molar-refractivity contribution in [2.45, 2.75) is 83.1 Å². The third-order valence-corrected chi connectivity index (χ3v) is 6.98. The van der Waals surface area contributed by atoms with Crippen LogP contribution >= 0.6 is 0 Å². The van der Waals surface area contributed by atoms with Gasteiger partial charge in [-0.15, -0.1) is 0 Å². The zero-order valence-electron chi connectivity index (χ0n) is 20.6. The number of aliphatic hydroxyl groups is 1. The molecule has 1 aliphatic heterocycles. The molecule has 4 rings (SSSR count). The van der Waals surface area contributed by atoms with Gasteiger partial charge < -0.3 is 20.5 Å². The minimum absolute atomic E-state index is 0.0467. The Kier molecular flexibility index (Phi) is 7.71. The van der Waals surface area contributed by atoms with Crippen LogP contribution in [0.1, 0.15) is 69.2 Å². The highest BCUT2D eigenvalue weighted by Crippen LogP contribution is 2.48. The maximum Gasteiger partial charge on any atom is 0.218 e. The molecule has 8 heteroatoms. The zero-order chi connectivity index (χ0) is 25.2. The largest absolute Gasteiger partial charge is 0.471 e. The molecule has 1 aromatic heterocycles. The van der Waals surface area contributed by atoms with Gasteiger partial charge in [0.25, 0.3) is 0 Å². The Labute approximate surface area is 205 Å². The third kappa shape index (κ3) is 6.16. The van der Waals surface area contributed by atoms with Crippen molar-refractivity contribution in [3.8, 4) is 5.88 Å². The fourth-order valence-corrected chi connectivity index (χ4v) is 5.09. The van der Waals surface area contributed by atoms with Crippen molar-refractivity contribution in [2.24, 2.45) is 5.92 Å². The molecule has 1 aromatic carbocycles. The summed E-state index contributed by atoms with van der Waals surface area (Å²) >= 11 is 0. The van der Waals surface area contributed by atoms with Crippen LogP contribution in [0.25, 0.3) is 0 Å². The van der Waals surface area contributed by atoms with Crippen molar-refractivity contribution in [3.63, 3.8) is 0 Å². The lowest BCUT2D eigenvalue weighted by molar-refractivity contribution is -0.120. The molecule has 35 heavy (non-hydrogen) atoms. The predicted molar refractivity (Wildman–Crippen MR) is 129 cm³/mol. The van der Waals surface area contributed by atoms with Crippen molar-refractivity contribution in [2.75, 3.05) is 6.54 Å². The predicted octanol–water partition coefficient (Wildman–Crippen LogP) is 4.00. The van der Waals surface area contributed by atoms with E-state index in [2.05, 4.69) is 35.5 Å². The number of nitrogens with zero attached hydrogens (tertiary/aromatic N) is 1. The number of pyridine rings is 1. The molecule has 1 fully saturated rings. The van der Waals surface area contributed by atoms with E-state index in [1.807, 2.05) is 6.20 Å². The average Bonchev–Trinajstić information content (AvgIpc) is 2.77. The fourth-order valence-electron chi connectivity index (χ4n) is 5.09. The van der Waals surface area contributed by atoms with Gasteiger partial charge in [-0.25, -0.2) is 13.8 Å². The summed E-state index contributed by atoms with van der Waals surface area (Å²) in [5.41, 5.74) is 2.41. The molecule has 0 saturated heterocycles. The molecule has 1 spiro atoms. The summed E-state index contributed by atoms with van der Waals surface area (Å²) in [6.07, 6.45) is 5.90. The van der Waals surface area contributed by atoms with Crippen molar-refractivity contribution in [3.05, 3.63) is 58.8 Å². The molecule has 3 atom stereocenters. The van der Waals surface area contributed by atoms with Gasteiger partial charge in [0.1, 0.15) is 5.60 Å². The molecule has 2 aliphatic rings. The summed E-state index contributed by atoms with van der Waals surface area (Å²) in [6, 6.07) is 5.05. The Morgan fingerprint density at radius 1 is 1.20 bits per heavy atom. The second kappa shape index (κ2) is 10.6. The normalized spacial score (nSPS) is 20.0. The van der Waals surface area contributed by atoms with Gasteiger partial charge in [0.2, 0.25) is 11.8 Å². The maximum absolute atomic E-state index is 13.7. The number of ether oxygens (including phenoxy) is 1. The van der Waals surface area contributed by atoms with Gasteiger partial charge >= 0.3 is 0 Å². The van der Waals surface area contributed by atoms with Crippen LogP contribution in [0.2, 0.25) is 0 Å². The Balaban J connectivity index is 1.49. The van der Waals surface area contributed by atoms with Crippen LogP contribution in [0, 0.1) is 17.6 Å². The number of carbonyl (C=O) groups is 1. The monoisotopic (exact) mass is 487 g/mol. The number of nitrogens with one attached hydrogen (secondary N) is 2. The van der Waals surface area contributed by atoms with E-state index in [9.17, 15) is 18.7 Å². The molecule has 1 amide bonds. The smallest absolute Gasteiger partial charge is 0.218 e. The number of aromatic nitrogens is 1. The lowest BCUT2D eigenvalue weighted by Gasteiger charge is -2.47. The molecule has 2 aromatic rings. The van der Waals surface area contributed by atoms with E-state index in [1.165, 1.54) is 13.0 Å². The zero-order valence-corrected chi connectivity index (χ0v) is 20.6. The number of amides is 1. The first-order valence-electron chi connectivity index (χ1n) is 12.4. The molecule has 3 N–H and O–H groups in total. The van der Waals surface area contributed by atoms with Crippen LogP contribution in [0.4, 0.5) is 8.78 Å². The first-order valence-corrected chi connectivity index (χ1v) is 12.4. The highest BCUT2D eigenvalue weighted by atomic mass is 19.2. The van der Waals surface area contributed by atoms with E-state index in [1.54, 1.807) is 0 Å². The molecule has 6 nitrogen and oxygen atoms in total. The summed E-state index contributed by atoms with van der Waals surface area (Å²) in [4.78, 5) is 16.4. The first kappa shape index (κ1) is 25.5. The maximum atomic E-state index is 13.7. The van der Waals surface area contributed by atoms with Gasteiger partial charge in [-0.05, 0) is 67.3 Å². The van der Waals surface area contributed by atoms with E-state index in [-0.39, 0.29) is 30.5 Å².